The molecule has 0 aliphatic heterocycles. The SMILES string of the molecule is CC(NCCN(C)C(C)C)c1cncs1. The Morgan fingerprint density at radius 3 is 2.73 bits per heavy atom. The summed E-state index contributed by atoms with van der Waals surface area (Å²) in [6.45, 7) is 8.72. The van der Waals surface area contributed by atoms with Gasteiger partial charge in [-0.05, 0) is 27.8 Å². The molecule has 0 aromatic carbocycles. The van der Waals surface area contributed by atoms with Crippen molar-refractivity contribution < 1.29 is 0 Å². The average Bonchev–Trinajstić information content (AvgIpc) is 2.70. The molecule has 0 saturated heterocycles. The number of aromatic nitrogens is 1. The monoisotopic (exact) mass is 227 g/mol. The van der Waals surface area contributed by atoms with Gasteiger partial charge in [0.05, 0.1) is 5.51 Å². The van der Waals surface area contributed by atoms with Crippen molar-refractivity contribution in [1.29, 1.82) is 0 Å². The number of nitrogens with one attached hydrogen (secondary N) is 1. The fraction of sp³-hybridized carbons (Fsp3) is 0.727. The molecule has 3 nitrogen and oxygen atoms in total. The van der Waals surface area contributed by atoms with Crippen molar-refractivity contribution in [1.82, 2.24) is 15.2 Å². The average molecular weight is 227 g/mol. The molecule has 1 atom stereocenters. The Morgan fingerprint density at radius 2 is 2.20 bits per heavy atom. The van der Waals surface area contributed by atoms with Crippen molar-refractivity contribution in [3.8, 4) is 0 Å². The summed E-state index contributed by atoms with van der Waals surface area (Å²) in [5.41, 5.74) is 1.88. The molecule has 4 heteroatoms. The van der Waals surface area contributed by atoms with Crippen molar-refractivity contribution >= 4 is 11.3 Å². The number of hydrogen-bond donors (Lipinski definition) is 1. The van der Waals surface area contributed by atoms with Gasteiger partial charge >= 0.3 is 0 Å². The number of nitrogens with zero attached hydrogens (tertiary/aromatic N) is 2. The second-order valence-corrected chi connectivity index (χ2v) is 5.07. The van der Waals surface area contributed by atoms with Crippen molar-refractivity contribution in [3.05, 3.63) is 16.6 Å². The maximum Gasteiger partial charge on any atom is 0.0794 e. The second-order valence-electron chi connectivity index (χ2n) is 4.15. The summed E-state index contributed by atoms with van der Waals surface area (Å²) in [5.74, 6) is 0. The second kappa shape index (κ2) is 6.20. The summed E-state index contributed by atoms with van der Waals surface area (Å²) in [4.78, 5) is 7.73. The highest BCUT2D eigenvalue weighted by molar-refractivity contribution is 7.09. The lowest BCUT2D eigenvalue weighted by Crippen LogP contribution is -2.34. The number of rotatable bonds is 6. The summed E-state index contributed by atoms with van der Waals surface area (Å²) < 4.78 is 0. The maximum absolute atomic E-state index is 4.08. The fourth-order valence-electron chi connectivity index (χ4n) is 1.26. The smallest absolute Gasteiger partial charge is 0.0794 e. The van der Waals surface area contributed by atoms with Crippen LogP contribution in [0.3, 0.4) is 0 Å². The van der Waals surface area contributed by atoms with Crippen LogP contribution < -0.4 is 5.32 Å². The molecule has 0 bridgehead atoms. The van der Waals surface area contributed by atoms with Crippen LogP contribution in [0.2, 0.25) is 0 Å². The predicted molar refractivity (Wildman–Crippen MR) is 66.3 cm³/mol. The van der Waals surface area contributed by atoms with Gasteiger partial charge in [-0.15, -0.1) is 11.3 Å². The number of likely N-dealkylation sites (N-methyl/N-ethyl adjacent to an activating group) is 1. The Labute approximate surface area is 96.5 Å². The minimum atomic E-state index is 0.415. The zero-order chi connectivity index (χ0) is 11.3. The molecular weight excluding hydrogens is 206 g/mol. The van der Waals surface area contributed by atoms with Crippen LogP contribution in [0.5, 0.6) is 0 Å². The van der Waals surface area contributed by atoms with Crippen LogP contribution in [0.15, 0.2) is 11.7 Å². The lowest BCUT2D eigenvalue weighted by Gasteiger charge is -2.22. The minimum absolute atomic E-state index is 0.415. The van der Waals surface area contributed by atoms with Gasteiger partial charge in [0.1, 0.15) is 0 Å². The molecule has 1 rings (SSSR count). The van der Waals surface area contributed by atoms with Gasteiger partial charge in [-0.3, -0.25) is 4.98 Å². The molecule has 86 valence electrons. The molecule has 0 aliphatic rings. The van der Waals surface area contributed by atoms with E-state index < -0.39 is 0 Å². The molecule has 1 unspecified atom stereocenters. The largest absolute Gasteiger partial charge is 0.308 e. The van der Waals surface area contributed by atoms with E-state index >= 15 is 0 Å². The summed E-state index contributed by atoms with van der Waals surface area (Å²) >= 11 is 1.71. The molecule has 0 saturated carbocycles. The molecule has 1 heterocycles. The van der Waals surface area contributed by atoms with Gasteiger partial charge in [0, 0.05) is 36.2 Å². The molecule has 0 amide bonds. The Bertz CT molecular complexity index is 259. The standard InChI is InChI=1S/C11H21N3S/c1-9(2)14(4)6-5-13-10(3)11-7-12-8-15-11/h7-10,13H,5-6H2,1-4H3. The van der Waals surface area contributed by atoms with Crippen LogP contribution >= 0.6 is 11.3 Å². The van der Waals surface area contributed by atoms with Crippen LogP contribution in [-0.2, 0) is 0 Å². The molecule has 15 heavy (non-hydrogen) atoms. The zero-order valence-electron chi connectivity index (χ0n) is 10.0. The maximum atomic E-state index is 4.08. The number of thiazole rings is 1. The van der Waals surface area contributed by atoms with Crippen molar-refractivity contribution in [2.24, 2.45) is 0 Å². The van der Waals surface area contributed by atoms with E-state index in [-0.39, 0.29) is 0 Å². The van der Waals surface area contributed by atoms with E-state index in [9.17, 15) is 0 Å². The molecule has 0 spiro atoms. The Morgan fingerprint density at radius 1 is 1.47 bits per heavy atom. The van der Waals surface area contributed by atoms with Crippen LogP contribution in [-0.4, -0.2) is 36.1 Å². The summed E-state index contributed by atoms with van der Waals surface area (Å²) in [6, 6.07) is 1.03. The van der Waals surface area contributed by atoms with Gasteiger partial charge < -0.3 is 10.2 Å². The highest BCUT2D eigenvalue weighted by atomic mass is 32.1. The first-order valence-corrected chi connectivity index (χ1v) is 6.31. The van der Waals surface area contributed by atoms with E-state index in [1.807, 2.05) is 11.7 Å². The summed E-state index contributed by atoms with van der Waals surface area (Å²) in [5, 5.41) is 3.50. The zero-order valence-corrected chi connectivity index (χ0v) is 10.8. The fourth-order valence-corrected chi connectivity index (χ4v) is 1.91. The van der Waals surface area contributed by atoms with E-state index in [0.29, 0.717) is 12.1 Å². The Kier molecular flexibility index (Phi) is 5.22. The number of hydrogen-bond acceptors (Lipinski definition) is 4. The van der Waals surface area contributed by atoms with E-state index in [2.05, 4.69) is 43.0 Å². The lowest BCUT2D eigenvalue weighted by molar-refractivity contribution is 0.270. The van der Waals surface area contributed by atoms with E-state index in [1.54, 1.807) is 11.3 Å². The van der Waals surface area contributed by atoms with Gasteiger partial charge in [-0.25, -0.2) is 0 Å². The van der Waals surface area contributed by atoms with Crippen LogP contribution in [0.1, 0.15) is 31.7 Å². The molecule has 1 N–H and O–H groups in total. The van der Waals surface area contributed by atoms with E-state index in [1.165, 1.54) is 4.88 Å². The van der Waals surface area contributed by atoms with Crippen molar-refractivity contribution in [2.45, 2.75) is 32.9 Å². The highest BCUT2D eigenvalue weighted by Crippen LogP contribution is 2.15. The third-order valence-electron chi connectivity index (χ3n) is 2.67. The van der Waals surface area contributed by atoms with Gasteiger partial charge in [-0.1, -0.05) is 0 Å². The summed E-state index contributed by atoms with van der Waals surface area (Å²) in [6.07, 6.45) is 1.94. The molecule has 0 fully saturated rings. The van der Waals surface area contributed by atoms with Crippen LogP contribution in [0.25, 0.3) is 0 Å². The van der Waals surface area contributed by atoms with Gasteiger partial charge in [-0.2, -0.15) is 0 Å². The normalized spacial score (nSPS) is 13.7. The first kappa shape index (κ1) is 12.6. The first-order valence-electron chi connectivity index (χ1n) is 5.43. The Balaban J connectivity index is 2.21. The molecule has 1 aromatic heterocycles. The lowest BCUT2D eigenvalue weighted by atomic mass is 10.3. The Hall–Kier alpha value is -0.450. The van der Waals surface area contributed by atoms with Gasteiger partial charge in [0.15, 0.2) is 0 Å². The molecule has 0 aliphatic carbocycles. The predicted octanol–water partition coefficient (Wildman–Crippen LogP) is 2.13. The topological polar surface area (TPSA) is 28.2 Å². The molecular formula is C11H21N3S. The van der Waals surface area contributed by atoms with Crippen LogP contribution in [0, 0.1) is 0 Å². The van der Waals surface area contributed by atoms with E-state index in [0.717, 1.165) is 13.1 Å². The van der Waals surface area contributed by atoms with E-state index in [4.69, 9.17) is 0 Å². The highest BCUT2D eigenvalue weighted by Gasteiger charge is 2.07. The third kappa shape index (κ3) is 4.28. The molecule has 0 radical (unpaired) electrons. The quantitative estimate of drug-likeness (QED) is 0.807. The minimum Gasteiger partial charge on any atom is -0.308 e. The van der Waals surface area contributed by atoms with Gasteiger partial charge in [0.2, 0.25) is 0 Å². The third-order valence-corrected chi connectivity index (χ3v) is 3.63. The first-order chi connectivity index (χ1) is 7.11. The van der Waals surface area contributed by atoms with Crippen molar-refractivity contribution in [3.63, 3.8) is 0 Å². The van der Waals surface area contributed by atoms with Crippen LogP contribution in [0.4, 0.5) is 0 Å². The van der Waals surface area contributed by atoms with Crippen molar-refractivity contribution in [2.75, 3.05) is 20.1 Å². The summed E-state index contributed by atoms with van der Waals surface area (Å²) in [7, 11) is 2.16. The molecule has 1 aromatic rings. The van der Waals surface area contributed by atoms with Gasteiger partial charge in [0.25, 0.3) is 0 Å².